The Bertz CT molecular complexity index is 974. The fourth-order valence-electron chi connectivity index (χ4n) is 3.65. The molecule has 1 spiro atoms. The van der Waals surface area contributed by atoms with Gasteiger partial charge in [-0.15, -0.1) is 0 Å². The molecule has 10 heteroatoms. The molecule has 1 saturated carbocycles. The van der Waals surface area contributed by atoms with Crippen LogP contribution in [0.1, 0.15) is 30.5 Å². The van der Waals surface area contributed by atoms with Gasteiger partial charge in [0.1, 0.15) is 5.54 Å². The third-order valence-electron chi connectivity index (χ3n) is 5.22. The zero-order valence-corrected chi connectivity index (χ0v) is 15.5. The highest BCUT2D eigenvalue weighted by atomic mass is 32.1. The van der Waals surface area contributed by atoms with E-state index in [4.69, 9.17) is 12.2 Å². The summed E-state index contributed by atoms with van der Waals surface area (Å²) in [5.74, 6) is -0.562. The highest BCUT2D eigenvalue weighted by Gasteiger charge is 2.59. The highest BCUT2D eigenvalue weighted by Crippen LogP contribution is 2.48. The van der Waals surface area contributed by atoms with E-state index in [9.17, 15) is 23.1 Å². The third-order valence-corrected chi connectivity index (χ3v) is 5.58. The summed E-state index contributed by atoms with van der Waals surface area (Å²) in [6.45, 7) is 1.26. The van der Waals surface area contributed by atoms with E-state index in [1.807, 2.05) is 0 Å². The smallest absolute Gasteiger partial charge is 0.418 e. The van der Waals surface area contributed by atoms with E-state index < -0.39 is 17.3 Å². The lowest BCUT2D eigenvalue weighted by Crippen LogP contribution is -2.55. The van der Waals surface area contributed by atoms with Gasteiger partial charge in [0.25, 0.3) is 5.91 Å². The molecule has 1 aliphatic carbocycles. The van der Waals surface area contributed by atoms with E-state index in [-0.39, 0.29) is 28.3 Å². The zero-order chi connectivity index (χ0) is 20.3. The molecular formula is C18H15F3N4O2S. The van der Waals surface area contributed by atoms with Crippen LogP contribution < -0.4 is 9.80 Å². The first kappa shape index (κ1) is 18.6. The number of hydrogen-bond acceptors (Lipinski definition) is 5. The third kappa shape index (κ3) is 2.62. The van der Waals surface area contributed by atoms with Crippen LogP contribution in [-0.4, -0.2) is 31.6 Å². The second-order valence-electron chi connectivity index (χ2n) is 6.84. The van der Waals surface area contributed by atoms with Crippen molar-refractivity contribution >= 4 is 34.6 Å². The van der Waals surface area contributed by atoms with Crippen LogP contribution in [0.15, 0.2) is 30.6 Å². The summed E-state index contributed by atoms with van der Waals surface area (Å²) in [5, 5.41) is 9.49. The summed E-state index contributed by atoms with van der Waals surface area (Å²) in [7, 11) is 0. The first-order valence-corrected chi connectivity index (χ1v) is 8.93. The standard InChI is InChI=1S/C18H15F3N4O2S/c1-10-13(18(19,20)21)7-12(9-22-10)24-15(27)17(5-2-6-17)25(16(24)28)11-3-4-14(26)23-8-11/h3-4,7-9H,2,5-6H2,1H3,(H,23,26). The number of aromatic hydroxyl groups is 1. The number of rotatable bonds is 2. The Morgan fingerprint density at radius 3 is 2.39 bits per heavy atom. The fourth-order valence-corrected chi connectivity index (χ4v) is 4.12. The van der Waals surface area contributed by atoms with Crippen LogP contribution in [0.2, 0.25) is 0 Å². The maximum atomic E-state index is 13.3. The maximum absolute atomic E-state index is 13.3. The van der Waals surface area contributed by atoms with E-state index in [1.165, 1.54) is 25.4 Å². The number of aromatic nitrogens is 2. The molecule has 2 aromatic heterocycles. The highest BCUT2D eigenvalue weighted by molar-refractivity contribution is 7.81. The molecule has 1 aliphatic heterocycles. The number of alkyl halides is 3. The van der Waals surface area contributed by atoms with Crippen LogP contribution in [0.5, 0.6) is 5.88 Å². The summed E-state index contributed by atoms with van der Waals surface area (Å²) in [6.07, 6.45) is -0.146. The van der Waals surface area contributed by atoms with E-state index in [2.05, 4.69) is 9.97 Å². The number of thiocarbonyl (C=S) groups is 1. The summed E-state index contributed by atoms with van der Waals surface area (Å²) in [6, 6.07) is 3.84. The van der Waals surface area contributed by atoms with Crippen LogP contribution in [0.3, 0.4) is 0 Å². The number of nitrogens with zero attached hydrogens (tertiary/aromatic N) is 4. The molecule has 0 bridgehead atoms. The molecule has 1 N–H and O–H groups in total. The Labute approximate surface area is 163 Å². The van der Waals surface area contributed by atoms with Crippen molar-refractivity contribution in [2.24, 2.45) is 0 Å². The predicted octanol–water partition coefficient (Wildman–Crippen LogP) is 3.57. The Balaban J connectivity index is 1.80. The van der Waals surface area contributed by atoms with Gasteiger partial charge in [-0.25, -0.2) is 4.98 Å². The molecule has 1 saturated heterocycles. The van der Waals surface area contributed by atoms with Crippen molar-refractivity contribution in [3.8, 4) is 5.88 Å². The van der Waals surface area contributed by atoms with Gasteiger partial charge in [0.05, 0.1) is 29.3 Å². The fraction of sp³-hybridized carbons (Fsp3) is 0.333. The first-order chi connectivity index (χ1) is 13.1. The zero-order valence-electron chi connectivity index (χ0n) is 14.7. The van der Waals surface area contributed by atoms with E-state index >= 15 is 0 Å². The van der Waals surface area contributed by atoms with Crippen molar-refractivity contribution < 1.29 is 23.1 Å². The molecule has 4 rings (SSSR count). The second kappa shape index (κ2) is 6.13. The van der Waals surface area contributed by atoms with Crippen LogP contribution in [0, 0.1) is 6.92 Å². The van der Waals surface area contributed by atoms with Gasteiger partial charge in [-0.05, 0) is 50.5 Å². The molecule has 3 heterocycles. The predicted molar refractivity (Wildman–Crippen MR) is 99.0 cm³/mol. The Morgan fingerprint density at radius 1 is 1.18 bits per heavy atom. The first-order valence-electron chi connectivity index (χ1n) is 8.53. The monoisotopic (exact) mass is 408 g/mol. The van der Waals surface area contributed by atoms with Crippen LogP contribution in [0.25, 0.3) is 0 Å². The maximum Gasteiger partial charge on any atom is 0.418 e. The lowest BCUT2D eigenvalue weighted by atomic mass is 9.75. The molecule has 2 aromatic rings. The van der Waals surface area contributed by atoms with Gasteiger partial charge in [-0.1, -0.05) is 0 Å². The van der Waals surface area contributed by atoms with Crippen molar-refractivity contribution in [1.29, 1.82) is 0 Å². The van der Waals surface area contributed by atoms with Crippen molar-refractivity contribution in [3.05, 3.63) is 41.9 Å². The number of halogens is 3. The number of aryl methyl sites for hydroxylation is 1. The molecule has 146 valence electrons. The minimum absolute atomic E-state index is 0.0200. The molecular weight excluding hydrogens is 393 g/mol. The summed E-state index contributed by atoms with van der Waals surface area (Å²) < 4.78 is 39.9. The number of carbonyl (C=O) groups excluding carboxylic acids is 1. The number of carbonyl (C=O) groups is 1. The number of hydrogen-bond donors (Lipinski definition) is 1. The minimum Gasteiger partial charge on any atom is -0.493 e. The SMILES string of the molecule is Cc1ncc(N2C(=O)C3(CCC3)N(c3ccc(O)nc3)C2=S)cc1C(F)(F)F. The lowest BCUT2D eigenvalue weighted by molar-refractivity contribution is -0.138. The number of amides is 1. The molecule has 0 aromatic carbocycles. The number of anilines is 2. The van der Waals surface area contributed by atoms with Gasteiger partial charge in [-0.3, -0.25) is 14.7 Å². The van der Waals surface area contributed by atoms with E-state index in [0.717, 1.165) is 17.4 Å². The van der Waals surface area contributed by atoms with Crippen molar-refractivity contribution in [1.82, 2.24) is 9.97 Å². The van der Waals surface area contributed by atoms with Gasteiger partial charge in [-0.2, -0.15) is 13.2 Å². The second-order valence-corrected chi connectivity index (χ2v) is 7.21. The Kier molecular flexibility index (Phi) is 4.07. The molecule has 1 amide bonds. The summed E-state index contributed by atoms with van der Waals surface area (Å²) >= 11 is 5.49. The summed E-state index contributed by atoms with van der Waals surface area (Å²) in [5.41, 5.74) is -1.55. The van der Waals surface area contributed by atoms with Gasteiger partial charge in [0, 0.05) is 11.8 Å². The summed E-state index contributed by atoms with van der Waals surface area (Å²) in [4.78, 5) is 23.6. The normalized spacial score (nSPS) is 18.7. The van der Waals surface area contributed by atoms with E-state index in [1.54, 1.807) is 11.0 Å². The van der Waals surface area contributed by atoms with Crippen molar-refractivity contribution in [3.63, 3.8) is 0 Å². The molecule has 0 unspecified atom stereocenters. The van der Waals surface area contributed by atoms with Crippen molar-refractivity contribution in [2.45, 2.75) is 37.9 Å². The molecule has 6 nitrogen and oxygen atoms in total. The number of pyridine rings is 2. The molecule has 2 fully saturated rings. The average Bonchev–Trinajstić information content (AvgIpc) is 2.83. The van der Waals surface area contributed by atoms with Crippen LogP contribution in [-0.2, 0) is 11.0 Å². The molecule has 28 heavy (non-hydrogen) atoms. The Morgan fingerprint density at radius 2 is 1.86 bits per heavy atom. The van der Waals surface area contributed by atoms with Gasteiger partial charge in [0.2, 0.25) is 5.88 Å². The van der Waals surface area contributed by atoms with Gasteiger partial charge in [0.15, 0.2) is 5.11 Å². The molecule has 0 atom stereocenters. The largest absolute Gasteiger partial charge is 0.493 e. The Hall–Kier alpha value is -2.75. The molecule has 0 radical (unpaired) electrons. The van der Waals surface area contributed by atoms with Crippen LogP contribution >= 0.6 is 12.2 Å². The average molecular weight is 408 g/mol. The topological polar surface area (TPSA) is 69.6 Å². The van der Waals surface area contributed by atoms with Crippen molar-refractivity contribution in [2.75, 3.05) is 9.80 Å². The van der Waals surface area contributed by atoms with Crippen LogP contribution in [0.4, 0.5) is 24.5 Å². The minimum atomic E-state index is -4.59. The lowest BCUT2D eigenvalue weighted by Gasteiger charge is -2.42. The quantitative estimate of drug-likeness (QED) is 0.767. The van der Waals surface area contributed by atoms with Gasteiger partial charge < -0.3 is 10.0 Å². The van der Waals surface area contributed by atoms with Gasteiger partial charge >= 0.3 is 6.18 Å². The molecule has 2 aliphatic rings. The van der Waals surface area contributed by atoms with E-state index in [0.29, 0.717) is 18.5 Å².